The number of carbonyl (C=O) groups is 1. The number of nitrogens with one attached hydrogen (secondary N) is 1. The maximum absolute atomic E-state index is 10.7. The zero-order chi connectivity index (χ0) is 9.30. The highest BCUT2D eigenvalue weighted by molar-refractivity contribution is 7.80. The van der Waals surface area contributed by atoms with E-state index in [1.54, 1.807) is 11.9 Å². The standard InChI is InChI=1S/C7H12N2O2S/c1-4-3-5(6(10)11)9(2)7(12)8-4/h4-5H,3H2,1-2H3,(H,8,12)(H,10,11). The summed E-state index contributed by atoms with van der Waals surface area (Å²) in [5.74, 6) is -0.812. The molecule has 0 aromatic heterocycles. The third-order valence-corrected chi connectivity index (χ3v) is 2.43. The molecule has 0 aliphatic carbocycles. The van der Waals surface area contributed by atoms with Gasteiger partial charge in [0.2, 0.25) is 0 Å². The Balaban J connectivity index is 2.73. The van der Waals surface area contributed by atoms with Gasteiger partial charge in [0.15, 0.2) is 5.11 Å². The Morgan fingerprint density at radius 2 is 2.42 bits per heavy atom. The zero-order valence-corrected chi connectivity index (χ0v) is 7.89. The fourth-order valence-corrected chi connectivity index (χ4v) is 1.60. The molecule has 2 N–H and O–H groups in total. The van der Waals surface area contributed by atoms with Crippen LogP contribution in [0.2, 0.25) is 0 Å². The minimum absolute atomic E-state index is 0.148. The van der Waals surface area contributed by atoms with Gasteiger partial charge in [-0.2, -0.15) is 0 Å². The van der Waals surface area contributed by atoms with Gasteiger partial charge in [-0.25, -0.2) is 4.79 Å². The molecule has 2 unspecified atom stereocenters. The SMILES string of the molecule is CC1CC(C(=O)O)N(C)C(=S)N1. The maximum atomic E-state index is 10.7. The second-order valence-electron chi connectivity index (χ2n) is 3.05. The molecule has 0 radical (unpaired) electrons. The van der Waals surface area contributed by atoms with Crippen molar-refractivity contribution in [2.75, 3.05) is 7.05 Å². The van der Waals surface area contributed by atoms with E-state index in [9.17, 15) is 4.79 Å². The highest BCUT2D eigenvalue weighted by Gasteiger charge is 2.31. The van der Waals surface area contributed by atoms with Crippen LogP contribution in [0.1, 0.15) is 13.3 Å². The lowest BCUT2D eigenvalue weighted by molar-refractivity contribution is -0.142. The first-order valence-corrected chi connectivity index (χ1v) is 4.19. The van der Waals surface area contributed by atoms with Gasteiger partial charge in [-0.05, 0) is 25.6 Å². The van der Waals surface area contributed by atoms with Crippen LogP contribution >= 0.6 is 12.2 Å². The monoisotopic (exact) mass is 188 g/mol. The minimum atomic E-state index is -0.812. The van der Waals surface area contributed by atoms with Crippen molar-refractivity contribution >= 4 is 23.3 Å². The number of thiocarbonyl (C=S) groups is 1. The fourth-order valence-electron chi connectivity index (χ4n) is 1.27. The third-order valence-electron chi connectivity index (χ3n) is 2.02. The molecule has 1 aliphatic heterocycles. The number of nitrogens with zero attached hydrogens (tertiary/aromatic N) is 1. The molecule has 0 spiro atoms. The van der Waals surface area contributed by atoms with Crippen LogP contribution in [0, 0.1) is 0 Å². The first kappa shape index (κ1) is 9.25. The molecule has 0 saturated carbocycles. The van der Waals surface area contributed by atoms with E-state index in [4.69, 9.17) is 17.3 Å². The Hall–Kier alpha value is -0.840. The lowest BCUT2D eigenvalue weighted by atomic mass is 10.1. The van der Waals surface area contributed by atoms with Crippen LogP contribution in [0.4, 0.5) is 0 Å². The van der Waals surface area contributed by atoms with Gasteiger partial charge in [0.25, 0.3) is 0 Å². The Morgan fingerprint density at radius 3 is 2.92 bits per heavy atom. The van der Waals surface area contributed by atoms with E-state index < -0.39 is 12.0 Å². The molecule has 68 valence electrons. The average molecular weight is 188 g/mol. The summed E-state index contributed by atoms with van der Waals surface area (Å²) in [4.78, 5) is 12.3. The normalized spacial score (nSPS) is 29.8. The van der Waals surface area contributed by atoms with E-state index in [0.29, 0.717) is 11.5 Å². The van der Waals surface area contributed by atoms with E-state index >= 15 is 0 Å². The van der Waals surface area contributed by atoms with Crippen molar-refractivity contribution < 1.29 is 9.90 Å². The lowest BCUT2D eigenvalue weighted by Gasteiger charge is -2.36. The number of likely N-dealkylation sites (N-methyl/N-ethyl adjacent to an activating group) is 1. The quantitative estimate of drug-likeness (QED) is 0.569. The summed E-state index contributed by atoms with van der Waals surface area (Å²) in [6.07, 6.45) is 0.589. The maximum Gasteiger partial charge on any atom is 0.326 e. The molecule has 1 heterocycles. The highest BCUT2D eigenvalue weighted by atomic mass is 32.1. The van der Waals surface area contributed by atoms with Crippen molar-refractivity contribution in [1.82, 2.24) is 10.2 Å². The summed E-state index contributed by atoms with van der Waals surface area (Å²) in [6, 6.07) is -0.330. The summed E-state index contributed by atoms with van der Waals surface area (Å²) >= 11 is 4.95. The van der Waals surface area contributed by atoms with Crippen LogP contribution in [0.3, 0.4) is 0 Å². The summed E-state index contributed by atoms with van der Waals surface area (Å²) in [5.41, 5.74) is 0. The van der Waals surface area contributed by atoms with E-state index in [2.05, 4.69) is 5.32 Å². The lowest BCUT2D eigenvalue weighted by Crippen LogP contribution is -2.56. The molecule has 1 fully saturated rings. The molecule has 0 amide bonds. The van der Waals surface area contributed by atoms with E-state index in [1.165, 1.54) is 0 Å². The highest BCUT2D eigenvalue weighted by Crippen LogP contribution is 2.12. The van der Waals surface area contributed by atoms with Crippen LogP contribution in [0.15, 0.2) is 0 Å². The molecule has 0 aromatic carbocycles. The van der Waals surface area contributed by atoms with Gasteiger partial charge >= 0.3 is 5.97 Å². The summed E-state index contributed by atoms with van der Waals surface area (Å²) in [6.45, 7) is 1.93. The van der Waals surface area contributed by atoms with Crippen LogP contribution in [0.25, 0.3) is 0 Å². The predicted molar refractivity (Wildman–Crippen MR) is 49.0 cm³/mol. The molecule has 5 heteroatoms. The number of hydrogen-bond acceptors (Lipinski definition) is 2. The molecule has 1 saturated heterocycles. The fraction of sp³-hybridized carbons (Fsp3) is 0.714. The van der Waals surface area contributed by atoms with Gasteiger partial charge in [-0.1, -0.05) is 0 Å². The van der Waals surface area contributed by atoms with E-state index in [-0.39, 0.29) is 6.04 Å². The number of aliphatic carboxylic acids is 1. The Bertz CT molecular complexity index is 219. The second kappa shape index (κ2) is 3.26. The summed E-state index contributed by atoms with van der Waals surface area (Å²) < 4.78 is 0. The largest absolute Gasteiger partial charge is 0.480 e. The first-order chi connectivity index (χ1) is 5.52. The molecule has 1 rings (SSSR count). The first-order valence-electron chi connectivity index (χ1n) is 3.78. The van der Waals surface area contributed by atoms with Gasteiger partial charge in [-0.3, -0.25) is 0 Å². The van der Waals surface area contributed by atoms with Crippen molar-refractivity contribution in [2.45, 2.75) is 25.4 Å². The van der Waals surface area contributed by atoms with Gasteiger partial charge in [0.05, 0.1) is 0 Å². The Kier molecular flexibility index (Phi) is 2.52. The van der Waals surface area contributed by atoms with Crippen molar-refractivity contribution in [2.24, 2.45) is 0 Å². The van der Waals surface area contributed by atoms with Crippen LogP contribution in [-0.4, -0.2) is 40.2 Å². The van der Waals surface area contributed by atoms with E-state index in [1.807, 2.05) is 6.92 Å². The molecular formula is C7H12N2O2S. The zero-order valence-electron chi connectivity index (χ0n) is 7.07. The van der Waals surface area contributed by atoms with Gasteiger partial charge < -0.3 is 15.3 Å². The van der Waals surface area contributed by atoms with Crippen LogP contribution in [-0.2, 0) is 4.79 Å². The number of carboxylic acid groups (broad SMARTS) is 1. The molecular weight excluding hydrogens is 176 g/mol. The third kappa shape index (κ3) is 1.66. The topological polar surface area (TPSA) is 52.6 Å². The molecule has 2 atom stereocenters. The van der Waals surface area contributed by atoms with Crippen molar-refractivity contribution in [3.05, 3.63) is 0 Å². The Labute approximate surface area is 76.5 Å². The molecule has 1 aliphatic rings. The summed E-state index contributed by atoms with van der Waals surface area (Å²) in [5, 5.41) is 12.3. The Morgan fingerprint density at radius 1 is 1.83 bits per heavy atom. The van der Waals surface area contributed by atoms with Crippen molar-refractivity contribution in [3.8, 4) is 0 Å². The minimum Gasteiger partial charge on any atom is -0.480 e. The van der Waals surface area contributed by atoms with Crippen LogP contribution in [0.5, 0.6) is 0 Å². The summed E-state index contributed by atoms with van der Waals surface area (Å²) in [7, 11) is 1.69. The number of carboxylic acids is 1. The van der Waals surface area contributed by atoms with Gasteiger partial charge in [0.1, 0.15) is 6.04 Å². The number of hydrogen-bond donors (Lipinski definition) is 2. The molecule has 4 nitrogen and oxygen atoms in total. The van der Waals surface area contributed by atoms with Crippen molar-refractivity contribution in [1.29, 1.82) is 0 Å². The van der Waals surface area contributed by atoms with Crippen LogP contribution < -0.4 is 5.32 Å². The van der Waals surface area contributed by atoms with Crippen molar-refractivity contribution in [3.63, 3.8) is 0 Å². The molecule has 0 bridgehead atoms. The second-order valence-corrected chi connectivity index (χ2v) is 3.44. The smallest absolute Gasteiger partial charge is 0.326 e. The molecule has 12 heavy (non-hydrogen) atoms. The molecule has 0 aromatic rings. The predicted octanol–water partition coefficient (Wildman–Crippen LogP) is 0.0381. The van der Waals surface area contributed by atoms with Gasteiger partial charge in [0, 0.05) is 13.1 Å². The average Bonchev–Trinajstić information content (AvgIpc) is 1.96. The van der Waals surface area contributed by atoms with E-state index in [0.717, 1.165) is 0 Å². The number of rotatable bonds is 1. The van der Waals surface area contributed by atoms with Gasteiger partial charge in [-0.15, -0.1) is 0 Å².